The molecular weight excluding hydrogens is 513 g/mol. The minimum atomic E-state index is -5.04. The van der Waals surface area contributed by atoms with E-state index in [1.54, 1.807) is 17.4 Å². The first-order chi connectivity index (χ1) is 17.8. The van der Waals surface area contributed by atoms with Gasteiger partial charge >= 0.3 is 6.18 Å². The Kier molecular flexibility index (Phi) is 6.91. The molecule has 2 aromatic heterocycles. The second-order valence-electron chi connectivity index (χ2n) is 8.35. The number of benzene rings is 3. The van der Waals surface area contributed by atoms with E-state index in [9.17, 15) is 22.8 Å². The highest BCUT2D eigenvalue weighted by Gasteiger charge is 2.39. The van der Waals surface area contributed by atoms with Crippen molar-refractivity contribution in [2.24, 2.45) is 0 Å². The van der Waals surface area contributed by atoms with Crippen LogP contribution < -0.4 is 0 Å². The predicted molar refractivity (Wildman–Crippen MR) is 148 cm³/mol. The summed E-state index contributed by atoms with van der Waals surface area (Å²) in [6.45, 7) is 0. The van der Waals surface area contributed by atoms with Crippen LogP contribution in [0.25, 0.3) is 44.5 Å². The molecule has 0 aliphatic carbocycles. The van der Waals surface area contributed by atoms with Crippen molar-refractivity contribution in [3.8, 4) is 0 Å². The molecule has 0 aliphatic rings. The average Bonchev–Trinajstić information content (AvgIpc) is 3.55. The summed E-state index contributed by atoms with van der Waals surface area (Å²) in [6.07, 6.45) is 1.77. The fourth-order valence-corrected chi connectivity index (χ4v) is 6.15. The Labute approximate surface area is 219 Å². The summed E-state index contributed by atoms with van der Waals surface area (Å²) < 4.78 is 40.2. The standard InChI is InChI=1S/C30H19F3O2S2/c31-30(32,33)27(35)18-25(34)26-17-24-23-15-16-36-28(23)21(13-11-19-7-3-1-4-8-19)22(29(24)37-26)14-12-20-9-5-2-6-10-20/h1-17H,18H2/b13-11+,14-12+. The topological polar surface area (TPSA) is 34.1 Å². The number of ketones is 2. The highest BCUT2D eigenvalue weighted by Crippen LogP contribution is 2.42. The molecule has 0 amide bonds. The van der Waals surface area contributed by atoms with E-state index in [4.69, 9.17) is 0 Å². The number of alkyl halides is 3. The molecule has 7 heteroatoms. The first kappa shape index (κ1) is 24.9. The van der Waals surface area contributed by atoms with Crippen LogP contribution >= 0.6 is 22.7 Å². The van der Waals surface area contributed by atoms with E-state index in [0.717, 1.165) is 53.8 Å². The van der Waals surface area contributed by atoms with Crippen LogP contribution in [0.2, 0.25) is 0 Å². The zero-order valence-electron chi connectivity index (χ0n) is 19.3. The van der Waals surface area contributed by atoms with Crippen LogP contribution in [-0.2, 0) is 4.79 Å². The summed E-state index contributed by atoms with van der Waals surface area (Å²) >= 11 is 2.69. The van der Waals surface area contributed by atoms with Gasteiger partial charge in [-0.15, -0.1) is 22.7 Å². The molecule has 0 atom stereocenters. The van der Waals surface area contributed by atoms with Gasteiger partial charge in [0.1, 0.15) is 0 Å². The molecule has 0 bridgehead atoms. The van der Waals surface area contributed by atoms with E-state index in [2.05, 4.69) is 0 Å². The molecule has 0 saturated carbocycles. The average molecular weight is 533 g/mol. The third kappa shape index (κ3) is 5.33. The Morgan fingerprint density at radius 3 is 1.86 bits per heavy atom. The van der Waals surface area contributed by atoms with Gasteiger partial charge in [-0.05, 0) is 28.6 Å². The van der Waals surface area contributed by atoms with E-state index < -0.39 is 24.2 Å². The quantitative estimate of drug-likeness (QED) is 0.119. The Morgan fingerprint density at radius 2 is 1.30 bits per heavy atom. The van der Waals surface area contributed by atoms with E-state index in [1.165, 1.54) is 0 Å². The Balaban J connectivity index is 1.69. The van der Waals surface area contributed by atoms with Gasteiger partial charge in [0.05, 0.1) is 11.3 Å². The SMILES string of the molecule is O=C(CC(=O)C(F)(F)F)c1cc2c(s1)c(/C=C/c1ccccc1)c(/C=C/c1ccccc1)c1sccc12. The van der Waals surface area contributed by atoms with Crippen LogP contribution in [0.15, 0.2) is 78.2 Å². The molecule has 0 aliphatic heterocycles. The Hall–Kier alpha value is -3.81. The van der Waals surface area contributed by atoms with Crippen molar-refractivity contribution in [2.75, 3.05) is 0 Å². The van der Waals surface area contributed by atoms with Crippen LogP contribution in [0.4, 0.5) is 13.2 Å². The summed E-state index contributed by atoms with van der Waals surface area (Å²) in [5.41, 5.74) is 3.84. The molecule has 3 aromatic carbocycles. The lowest BCUT2D eigenvalue weighted by Gasteiger charge is -2.07. The fraction of sp³-hybridized carbons (Fsp3) is 0.0667. The normalized spacial score (nSPS) is 12.3. The number of Topliss-reactive ketones (excluding diaryl/α,β-unsaturated/α-hetero) is 2. The van der Waals surface area contributed by atoms with E-state index in [0.29, 0.717) is 0 Å². The minimum Gasteiger partial charge on any atom is -0.293 e. The molecule has 0 N–H and O–H groups in total. The fourth-order valence-electron chi connectivity index (χ4n) is 4.05. The number of fused-ring (bicyclic) bond motifs is 3. The second kappa shape index (κ2) is 10.3. The summed E-state index contributed by atoms with van der Waals surface area (Å²) in [7, 11) is 0. The first-order valence-electron chi connectivity index (χ1n) is 11.4. The van der Waals surface area contributed by atoms with Crippen molar-refractivity contribution >= 4 is 78.7 Å². The summed E-state index contributed by atoms with van der Waals surface area (Å²) in [5.74, 6) is -2.86. The zero-order chi connectivity index (χ0) is 26.0. The third-order valence-electron chi connectivity index (χ3n) is 5.86. The van der Waals surface area contributed by atoms with Crippen LogP contribution in [0.1, 0.15) is 38.3 Å². The lowest BCUT2D eigenvalue weighted by Crippen LogP contribution is -2.25. The molecule has 2 heterocycles. The third-order valence-corrected chi connectivity index (χ3v) is 8.02. The van der Waals surface area contributed by atoms with Crippen molar-refractivity contribution in [1.29, 1.82) is 0 Å². The molecule has 5 aromatic rings. The summed E-state index contributed by atoms with van der Waals surface area (Å²) in [6, 6.07) is 23.2. The van der Waals surface area contributed by atoms with Crippen molar-refractivity contribution in [3.05, 3.63) is 105 Å². The maximum atomic E-state index is 12.8. The lowest BCUT2D eigenvalue weighted by molar-refractivity contribution is -0.170. The van der Waals surface area contributed by atoms with Crippen molar-refractivity contribution in [1.82, 2.24) is 0 Å². The van der Waals surface area contributed by atoms with Crippen LogP contribution in [0.3, 0.4) is 0 Å². The van der Waals surface area contributed by atoms with E-state index in [-0.39, 0.29) is 4.88 Å². The molecule has 5 rings (SSSR count). The summed E-state index contributed by atoms with van der Waals surface area (Å²) in [4.78, 5) is 24.3. The molecule has 0 radical (unpaired) electrons. The Morgan fingerprint density at radius 1 is 0.730 bits per heavy atom. The second-order valence-corrected chi connectivity index (χ2v) is 10.3. The molecule has 0 unspecified atom stereocenters. The van der Waals surface area contributed by atoms with Crippen molar-refractivity contribution < 1.29 is 22.8 Å². The zero-order valence-corrected chi connectivity index (χ0v) is 20.9. The van der Waals surface area contributed by atoms with Gasteiger partial charge in [0.15, 0.2) is 5.78 Å². The van der Waals surface area contributed by atoms with Gasteiger partial charge in [-0.25, -0.2) is 0 Å². The maximum absolute atomic E-state index is 12.8. The largest absolute Gasteiger partial charge is 0.450 e. The van der Waals surface area contributed by atoms with E-state index >= 15 is 0 Å². The van der Waals surface area contributed by atoms with Crippen LogP contribution in [0.5, 0.6) is 0 Å². The van der Waals surface area contributed by atoms with Gasteiger partial charge in [0.2, 0.25) is 5.78 Å². The number of carbonyl (C=O) groups excluding carboxylic acids is 2. The molecule has 0 spiro atoms. The smallest absolute Gasteiger partial charge is 0.293 e. The van der Waals surface area contributed by atoms with Gasteiger partial charge < -0.3 is 0 Å². The molecule has 184 valence electrons. The van der Waals surface area contributed by atoms with Gasteiger partial charge in [0, 0.05) is 31.3 Å². The number of hydrogen-bond acceptors (Lipinski definition) is 4. The number of hydrogen-bond donors (Lipinski definition) is 0. The van der Waals surface area contributed by atoms with Gasteiger partial charge in [-0.1, -0.05) is 85.0 Å². The molecular formula is C30H19F3O2S2. The van der Waals surface area contributed by atoms with Crippen molar-refractivity contribution in [3.63, 3.8) is 0 Å². The van der Waals surface area contributed by atoms with Crippen LogP contribution in [0, 0.1) is 0 Å². The lowest BCUT2D eigenvalue weighted by atomic mass is 9.99. The highest BCUT2D eigenvalue weighted by atomic mass is 32.1. The van der Waals surface area contributed by atoms with Gasteiger partial charge in [0.25, 0.3) is 0 Å². The maximum Gasteiger partial charge on any atom is 0.450 e. The molecule has 0 fully saturated rings. The first-order valence-corrected chi connectivity index (χ1v) is 13.1. The Bertz CT molecular complexity index is 1660. The minimum absolute atomic E-state index is 0.138. The van der Waals surface area contributed by atoms with E-state index in [1.807, 2.05) is 96.4 Å². The van der Waals surface area contributed by atoms with Gasteiger partial charge in [-0.2, -0.15) is 13.2 Å². The molecule has 2 nitrogen and oxygen atoms in total. The number of thiophene rings is 2. The molecule has 0 saturated heterocycles. The predicted octanol–water partition coefficient (Wildman–Crippen LogP) is 9.16. The number of halogens is 3. The highest BCUT2D eigenvalue weighted by molar-refractivity contribution is 7.22. The monoisotopic (exact) mass is 532 g/mol. The molecule has 37 heavy (non-hydrogen) atoms. The van der Waals surface area contributed by atoms with Crippen LogP contribution in [-0.4, -0.2) is 17.7 Å². The number of rotatable bonds is 7. The number of carbonyl (C=O) groups is 2. The van der Waals surface area contributed by atoms with Gasteiger partial charge in [-0.3, -0.25) is 9.59 Å². The summed E-state index contributed by atoms with van der Waals surface area (Å²) in [5, 5.41) is 3.66. The van der Waals surface area contributed by atoms with Crippen molar-refractivity contribution in [2.45, 2.75) is 12.6 Å².